The van der Waals surface area contributed by atoms with Crippen LogP contribution in [0.2, 0.25) is 0 Å². The lowest BCUT2D eigenvalue weighted by molar-refractivity contribution is 0.168. The van der Waals surface area contributed by atoms with E-state index in [0.29, 0.717) is 11.3 Å². The minimum atomic E-state index is -3.80. The van der Waals surface area contributed by atoms with Gasteiger partial charge in [0.25, 0.3) is 0 Å². The number of ether oxygens (including phenoxy) is 3. The van der Waals surface area contributed by atoms with E-state index in [0.717, 1.165) is 0 Å². The van der Waals surface area contributed by atoms with Gasteiger partial charge >= 0.3 is 6.09 Å². The standard InChI is InChI=1S/C12H11N3O6S/c1-19-9-4-7-3-8(6-21-12(16)14-15-13)22(17,18)11(7)5-10(9)20-2/h3-5H,6H2,1-2H3. The van der Waals surface area contributed by atoms with Gasteiger partial charge in [-0.05, 0) is 23.2 Å². The molecule has 10 heteroatoms. The van der Waals surface area contributed by atoms with Gasteiger partial charge < -0.3 is 14.2 Å². The van der Waals surface area contributed by atoms with Crippen LogP contribution in [0.3, 0.4) is 0 Å². The Morgan fingerprint density at radius 2 is 1.91 bits per heavy atom. The Hall–Kier alpha value is -2.71. The van der Waals surface area contributed by atoms with E-state index in [4.69, 9.17) is 15.0 Å². The van der Waals surface area contributed by atoms with E-state index < -0.39 is 22.5 Å². The molecule has 0 spiro atoms. The summed E-state index contributed by atoms with van der Waals surface area (Å²) in [7, 11) is -0.980. The van der Waals surface area contributed by atoms with Crippen molar-refractivity contribution >= 4 is 22.0 Å². The Labute approximate surface area is 125 Å². The molecule has 1 aromatic carbocycles. The lowest BCUT2D eigenvalue weighted by atomic mass is 10.2. The van der Waals surface area contributed by atoms with Crippen molar-refractivity contribution in [2.24, 2.45) is 5.11 Å². The number of nitrogens with zero attached hydrogens (tertiary/aromatic N) is 3. The predicted octanol–water partition coefficient (Wildman–Crippen LogP) is 2.28. The third-order valence-corrected chi connectivity index (χ3v) is 4.79. The SMILES string of the molecule is COc1cc2c(cc1OC)S(=O)(=O)C(COC(=O)N=[N+]=[N-])=C2. The zero-order valence-electron chi connectivity index (χ0n) is 11.6. The molecule has 0 unspecified atom stereocenters. The number of carbonyl (C=O) groups excluding carboxylic acids is 1. The zero-order chi connectivity index (χ0) is 16.3. The molecule has 116 valence electrons. The van der Waals surface area contributed by atoms with Crippen molar-refractivity contribution in [3.63, 3.8) is 0 Å². The fourth-order valence-corrected chi connectivity index (χ4v) is 3.40. The molecule has 0 radical (unpaired) electrons. The number of carbonyl (C=O) groups is 1. The van der Waals surface area contributed by atoms with Gasteiger partial charge in [0.05, 0.1) is 24.0 Å². The average Bonchev–Trinajstić information content (AvgIpc) is 2.74. The maximum atomic E-state index is 12.4. The van der Waals surface area contributed by atoms with Crippen LogP contribution in [0, 0.1) is 0 Å². The summed E-state index contributed by atoms with van der Waals surface area (Å²) in [6.07, 6.45) is 0.153. The molecule has 0 atom stereocenters. The Balaban J connectivity index is 2.36. The Bertz CT molecular complexity index is 808. The van der Waals surface area contributed by atoms with E-state index in [9.17, 15) is 13.2 Å². The first-order valence-electron chi connectivity index (χ1n) is 5.87. The van der Waals surface area contributed by atoms with Crippen LogP contribution in [0.15, 0.2) is 27.0 Å². The molecule has 0 bridgehead atoms. The van der Waals surface area contributed by atoms with Crippen molar-refractivity contribution in [3.05, 3.63) is 33.0 Å². The van der Waals surface area contributed by atoms with Crippen LogP contribution in [0.5, 0.6) is 11.5 Å². The summed E-state index contributed by atoms with van der Waals surface area (Å²) in [6, 6.07) is 2.84. The van der Waals surface area contributed by atoms with Crippen LogP contribution >= 0.6 is 0 Å². The molecule has 0 N–H and O–H groups in total. The Morgan fingerprint density at radius 3 is 2.50 bits per heavy atom. The van der Waals surface area contributed by atoms with Gasteiger partial charge in [0.15, 0.2) is 11.5 Å². The predicted molar refractivity (Wildman–Crippen MR) is 75.2 cm³/mol. The van der Waals surface area contributed by atoms with E-state index in [1.807, 2.05) is 0 Å². The first-order valence-corrected chi connectivity index (χ1v) is 7.36. The molecule has 22 heavy (non-hydrogen) atoms. The molecule has 0 fully saturated rings. The topological polar surface area (TPSA) is 128 Å². The summed E-state index contributed by atoms with van der Waals surface area (Å²) in [5, 5.41) is 2.69. The van der Waals surface area contributed by atoms with Crippen LogP contribution in [0.25, 0.3) is 16.5 Å². The number of azide groups is 1. The number of hydrogen-bond acceptors (Lipinski definition) is 6. The van der Waals surface area contributed by atoms with E-state index in [1.165, 1.54) is 32.4 Å². The third kappa shape index (κ3) is 2.69. The van der Waals surface area contributed by atoms with Gasteiger partial charge in [-0.15, -0.1) is 0 Å². The molecule has 1 heterocycles. The number of methoxy groups -OCH3 is 2. The van der Waals surface area contributed by atoms with Crippen LogP contribution in [0.4, 0.5) is 4.79 Å². The second-order valence-corrected chi connectivity index (χ2v) is 6.07. The van der Waals surface area contributed by atoms with Crippen molar-refractivity contribution in [2.75, 3.05) is 20.8 Å². The Kier molecular flexibility index (Phi) is 4.25. The first-order chi connectivity index (χ1) is 10.4. The van der Waals surface area contributed by atoms with Crippen molar-refractivity contribution in [2.45, 2.75) is 4.90 Å². The molecule has 1 aromatic rings. The van der Waals surface area contributed by atoms with Crippen molar-refractivity contribution in [3.8, 4) is 11.5 Å². The summed E-state index contributed by atoms with van der Waals surface area (Å²) < 4.78 is 39.5. The quantitative estimate of drug-likeness (QED) is 0.474. The average molecular weight is 325 g/mol. The molecular formula is C12H11N3O6S. The highest BCUT2D eigenvalue weighted by Gasteiger charge is 2.32. The van der Waals surface area contributed by atoms with Gasteiger partial charge in [-0.1, -0.05) is 0 Å². The van der Waals surface area contributed by atoms with Gasteiger partial charge in [0, 0.05) is 16.1 Å². The van der Waals surface area contributed by atoms with Gasteiger partial charge in [0.2, 0.25) is 9.84 Å². The summed E-state index contributed by atoms with van der Waals surface area (Å²) in [4.78, 5) is 13.1. The third-order valence-electron chi connectivity index (χ3n) is 2.93. The minimum absolute atomic E-state index is 0.0278. The van der Waals surface area contributed by atoms with Crippen LogP contribution in [-0.4, -0.2) is 35.3 Å². The van der Waals surface area contributed by atoms with E-state index in [1.54, 1.807) is 0 Å². The van der Waals surface area contributed by atoms with E-state index in [2.05, 4.69) is 14.8 Å². The van der Waals surface area contributed by atoms with Gasteiger partial charge in [-0.25, -0.2) is 13.2 Å². The maximum absolute atomic E-state index is 12.4. The number of rotatable bonds is 4. The fraction of sp³-hybridized carbons (Fsp3) is 0.250. The van der Waals surface area contributed by atoms with Gasteiger partial charge in [-0.2, -0.15) is 0 Å². The van der Waals surface area contributed by atoms with Crippen LogP contribution in [-0.2, 0) is 14.6 Å². The molecule has 9 nitrogen and oxygen atoms in total. The monoisotopic (exact) mass is 325 g/mol. The second-order valence-electron chi connectivity index (χ2n) is 4.10. The molecule has 2 rings (SSSR count). The summed E-state index contributed by atoms with van der Waals surface area (Å²) in [5.41, 5.74) is 8.48. The Morgan fingerprint density at radius 1 is 1.27 bits per heavy atom. The minimum Gasteiger partial charge on any atom is -0.493 e. The molecule has 1 aliphatic rings. The number of amides is 1. The fourth-order valence-electron chi connectivity index (χ4n) is 1.93. The highest BCUT2D eigenvalue weighted by atomic mass is 32.2. The summed E-state index contributed by atoms with van der Waals surface area (Å²) >= 11 is 0. The summed E-state index contributed by atoms with van der Waals surface area (Å²) in [6.45, 7) is -0.528. The maximum Gasteiger partial charge on any atom is 0.397 e. The van der Waals surface area contributed by atoms with E-state index in [-0.39, 0.29) is 15.6 Å². The molecular weight excluding hydrogens is 314 g/mol. The number of fused-ring (bicyclic) bond motifs is 1. The van der Waals surface area contributed by atoms with Gasteiger partial charge in [0.1, 0.15) is 6.61 Å². The molecule has 0 aromatic heterocycles. The van der Waals surface area contributed by atoms with Crippen LogP contribution in [0.1, 0.15) is 5.56 Å². The largest absolute Gasteiger partial charge is 0.493 e. The normalized spacial score (nSPS) is 14.4. The smallest absolute Gasteiger partial charge is 0.397 e. The number of benzene rings is 1. The molecule has 0 saturated heterocycles. The lowest BCUT2D eigenvalue weighted by Gasteiger charge is -2.09. The molecule has 0 aliphatic carbocycles. The molecule has 1 aliphatic heterocycles. The number of sulfone groups is 1. The second kappa shape index (κ2) is 5.96. The number of hydrogen-bond donors (Lipinski definition) is 0. The van der Waals surface area contributed by atoms with E-state index >= 15 is 0 Å². The molecule has 1 amide bonds. The lowest BCUT2D eigenvalue weighted by Crippen LogP contribution is -2.09. The highest BCUT2D eigenvalue weighted by Crippen LogP contribution is 2.40. The highest BCUT2D eigenvalue weighted by molar-refractivity contribution is 7.95. The van der Waals surface area contributed by atoms with Crippen molar-refractivity contribution in [1.29, 1.82) is 0 Å². The van der Waals surface area contributed by atoms with Gasteiger partial charge in [-0.3, -0.25) is 0 Å². The molecule has 0 saturated carbocycles. The van der Waals surface area contributed by atoms with Crippen molar-refractivity contribution < 1.29 is 27.4 Å². The van der Waals surface area contributed by atoms with Crippen molar-refractivity contribution in [1.82, 2.24) is 0 Å². The first kappa shape index (κ1) is 15.7. The van der Waals surface area contributed by atoms with Crippen LogP contribution < -0.4 is 9.47 Å². The zero-order valence-corrected chi connectivity index (χ0v) is 12.5. The summed E-state index contributed by atoms with van der Waals surface area (Å²) in [5.74, 6) is 0.644.